The summed E-state index contributed by atoms with van der Waals surface area (Å²) < 4.78 is 10.4. The lowest BCUT2D eigenvalue weighted by atomic mass is 10.2. The van der Waals surface area contributed by atoms with Crippen LogP contribution in [-0.4, -0.2) is 17.3 Å². The normalized spacial score (nSPS) is 20.2. The van der Waals surface area contributed by atoms with E-state index in [0.29, 0.717) is 17.6 Å². The maximum Gasteiger partial charge on any atom is 0.243 e. The Balaban J connectivity index is 2.08. The Kier molecular flexibility index (Phi) is 3.02. The van der Waals surface area contributed by atoms with Crippen molar-refractivity contribution in [3.63, 3.8) is 0 Å². The van der Waals surface area contributed by atoms with Gasteiger partial charge in [0.15, 0.2) is 0 Å². The predicted octanol–water partition coefficient (Wildman–Crippen LogP) is 1.58. The van der Waals surface area contributed by atoms with E-state index >= 15 is 0 Å². The highest BCUT2D eigenvalue weighted by atomic mass is 16.5. The van der Waals surface area contributed by atoms with Gasteiger partial charge in [0.05, 0.1) is 6.04 Å². The molecule has 5 heteroatoms. The fourth-order valence-electron chi connectivity index (χ4n) is 1.63. The molecule has 0 radical (unpaired) electrons. The molecule has 5 nitrogen and oxygen atoms in total. The molecular weight excluding hydrogens is 194 g/mol. The van der Waals surface area contributed by atoms with Gasteiger partial charge in [-0.05, 0) is 25.2 Å². The van der Waals surface area contributed by atoms with Crippen LogP contribution in [0.15, 0.2) is 4.52 Å². The highest BCUT2D eigenvalue weighted by Crippen LogP contribution is 2.39. The van der Waals surface area contributed by atoms with Gasteiger partial charge in [-0.25, -0.2) is 0 Å². The van der Waals surface area contributed by atoms with Crippen molar-refractivity contribution >= 4 is 0 Å². The SMILES string of the molecule is CCC(OC)c1noc(C(N)C2CC2)n1. The molecule has 15 heavy (non-hydrogen) atoms. The average Bonchev–Trinajstić information content (AvgIpc) is 2.99. The quantitative estimate of drug-likeness (QED) is 0.800. The van der Waals surface area contributed by atoms with E-state index in [4.69, 9.17) is 15.0 Å². The molecule has 2 unspecified atom stereocenters. The fourth-order valence-corrected chi connectivity index (χ4v) is 1.63. The number of rotatable bonds is 5. The molecule has 0 spiro atoms. The zero-order chi connectivity index (χ0) is 10.8. The van der Waals surface area contributed by atoms with Crippen LogP contribution in [0, 0.1) is 5.92 Å². The predicted molar refractivity (Wildman–Crippen MR) is 54.0 cm³/mol. The maximum atomic E-state index is 5.96. The number of methoxy groups -OCH3 is 1. The lowest BCUT2D eigenvalue weighted by Gasteiger charge is -2.06. The smallest absolute Gasteiger partial charge is 0.243 e. The number of nitrogens with two attached hydrogens (primary N) is 1. The molecule has 1 aromatic heterocycles. The molecule has 2 rings (SSSR count). The third-order valence-corrected chi connectivity index (χ3v) is 2.82. The summed E-state index contributed by atoms with van der Waals surface area (Å²) in [5.41, 5.74) is 5.96. The van der Waals surface area contributed by atoms with Crippen LogP contribution in [-0.2, 0) is 4.74 Å². The monoisotopic (exact) mass is 211 g/mol. The Bertz CT molecular complexity index is 302. The third kappa shape index (κ3) is 2.18. The molecule has 1 heterocycles. The van der Waals surface area contributed by atoms with E-state index in [9.17, 15) is 0 Å². The second-order valence-corrected chi connectivity index (χ2v) is 3.99. The highest BCUT2D eigenvalue weighted by Gasteiger charge is 2.33. The molecule has 0 aliphatic heterocycles. The first-order valence-corrected chi connectivity index (χ1v) is 5.38. The molecule has 0 saturated heterocycles. The molecule has 2 N–H and O–H groups in total. The highest BCUT2D eigenvalue weighted by molar-refractivity contribution is 4.99. The van der Waals surface area contributed by atoms with Crippen LogP contribution in [0.3, 0.4) is 0 Å². The molecule has 84 valence electrons. The second kappa shape index (κ2) is 4.28. The fraction of sp³-hybridized carbons (Fsp3) is 0.800. The van der Waals surface area contributed by atoms with Crippen molar-refractivity contribution in [1.82, 2.24) is 10.1 Å². The average molecular weight is 211 g/mol. The van der Waals surface area contributed by atoms with E-state index in [1.807, 2.05) is 6.92 Å². The largest absolute Gasteiger partial charge is 0.373 e. The van der Waals surface area contributed by atoms with Crippen LogP contribution in [0.4, 0.5) is 0 Å². The Labute approximate surface area is 89.0 Å². The van der Waals surface area contributed by atoms with Crippen molar-refractivity contribution in [2.75, 3.05) is 7.11 Å². The molecular formula is C10H17N3O2. The number of hydrogen-bond acceptors (Lipinski definition) is 5. The van der Waals surface area contributed by atoms with E-state index in [2.05, 4.69) is 10.1 Å². The van der Waals surface area contributed by atoms with Crippen LogP contribution in [0.25, 0.3) is 0 Å². The van der Waals surface area contributed by atoms with Gasteiger partial charge < -0.3 is 15.0 Å². The van der Waals surface area contributed by atoms with Gasteiger partial charge in [0.2, 0.25) is 11.7 Å². The minimum Gasteiger partial charge on any atom is -0.373 e. The second-order valence-electron chi connectivity index (χ2n) is 3.99. The molecule has 1 saturated carbocycles. The number of nitrogens with zero attached hydrogens (tertiary/aromatic N) is 2. The van der Waals surface area contributed by atoms with Crippen molar-refractivity contribution in [2.45, 2.75) is 38.3 Å². The summed E-state index contributed by atoms with van der Waals surface area (Å²) in [5.74, 6) is 1.68. The van der Waals surface area contributed by atoms with Crippen LogP contribution < -0.4 is 5.73 Å². The van der Waals surface area contributed by atoms with Gasteiger partial charge >= 0.3 is 0 Å². The zero-order valence-corrected chi connectivity index (χ0v) is 9.14. The van der Waals surface area contributed by atoms with Crippen molar-refractivity contribution < 1.29 is 9.26 Å². The summed E-state index contributed by atoms with van der Waals surface area (Å²) in [7, 11) is 1.64. The van der Waals surface area contributed by atoms with Crippen LogP contribution >= 0.6 is 0 Å². The summed E-state index contributed by atoms with van der Waals surface area (Å²) in [5, 5.41) is 3.90. The Morgan fingerprint density at radius 1 is 1.60 bits per heavy atom. The molecule has 0 aromatic carbocycles. The summed E-state index contributed by atoms with van der Waals surface area (Å²) >= 11 is 0. The molecule has 0 amide bonds. The van der Waals surface area contributed by atoms with Gasteiger partial charge in [0.1, 0.15) is 6.10 Å². The number of aromatic nitrogens is 2. The van der Waals surface area contributed by atoms with Gasteiger partial charge in [0.25, 0.3) is 0 Å². The van der Waals surface area contributed by atoms with Crippen molar-refractivity contribution in [1.29, 1.82) is 0 Å². The number of hydrogen-bond donors (Lipinski definition) is 1. The van der Waals surface area contributed by atoms with Gasteiger partial charge in [0, 0.05) is 7.11 Å². The van der Waals surface area contributed by atoms with Gasteiger partial charge in [-0.1, -0.05) is 12.1 Å². The molecule has 1 aliphatic rings. The van der Waals surface area contributed by atoms with E-state index < -0.39 is 0 Å². The van der Waals surface area contributed by atoms with Crippen LogP contribution in [0.5, 0.6) is 0 Å². The van der Waals surface area contributed by atoms with Gasteiger partial charge in [-0.15, -0.1) is 0 Å². The lowest BCUT2D eigenvalue weighted by molar-refractivity contribution is 0.0903. The van der Waals surface area contributed by atoms with E-state index in [0.717, 1.165) is 6.42 Å². The van der Waals surface area contributed by atoms with Crippen molar-refractivity contribution in [3.05, 3.63) is 11.7 Å². The topological polar surface area (TPSA) is 74.2 Å². The molecule has 1 fully saturated rings. The number of ether oxygens (including phenoxy) is 1. The zero-order valence-electron chi connectivity index (χ0n) is 9.14. The van der Waals surface area contributed by atoms with Crippen LogP contribution in [0.2, 0.25) is 0 Å². The Morgan fingerprint density at radius 3 is 2.87 bits per heavy atom. The van der Waals surface area contributed by atoms with E-state index in [-0.39, 0.29) is 12.1 Å². The minimum atomic E-state index is -0.0967. The Hall–Kier alpha value is -0.940. The van der Waals surface area contributed by atoms with Gasteiger partial charge in [-0.2, -0.15) is 4.98 Å². The first-order valence-electron chi connectivity index (χ1n) is 5.38. The van der Waals surface area contributed by atoms with Crippen molar-refractivity contribution in [3.8, 4) is 0 Å². The summed E-state index contributed by atoms with van der Waals surface area (Å²) in [6.45, 7) is 2.02. The third-order valence-electron chi connectivity index (χ3n) is 2.82. The minimum absolute atomic E-state index is 0.0890. The Morgan fingerprint density at radius 2 is 2.33 bits per heavy atom. The summed E-state index contributed by atoms with van der Waals surface area (Å²) in [6, 6.07) is -0.0967. The molecule has 1 aromatic rings. The standard InChI is InChI=1S/C10H17N3O2/c1-3-7(14-2)9-12-10(15-13-9)8(11)6-4-5-6/h6-8H,3-5,11H2,1-2H3. The summed E-state index contributed by atoms with van der Waals surface area (Å²) in [6.07, 6.45) is 3.07. The van der Waals surface area contributed by atoms with Gasteiger partial charge in [-0.3, -0.25) is 0 Å². The first-order chi connectivity index (χ1) is 7.26. The molecule has 1 aliphatic carbocycles. The molecule has 0 bridgehead atoms. The summed E-state index contributed by atoms with van der Waals surface area (Å²) in [4.78, 5) is 4.29. The molecule has 2 atom stereocenters. The van der Waals surface area contributed by atoms with Crippen molar-refractivity contribution in [2.24, 2.45) is 11.7 Å². The first kappa shape index (κ1) is 10.6. The maximum absolute atomic E-state index is 5.96. The van der Waals surface area contributed by atoms with E-state index in [1.165, 1.54) is 12.8 Å². The lowest BCUT2D eigenvalue weighted by Crippen LogP contribution is -2.13. The van der Waals surface area contributed by atoms with E-state index in [1.54, 1.807) is 7.11 Å². The van der Waals surface area contributed by atoms with Crippen LogP contribution in [0.1, 0.15) is 50.0 Å².